The Bertz CT molecular complexity index is 435. The van der Waals surface area contributed by atoms with Crippen LogP contribution in [-0.2, 0) is 6.42 Å². The van der Waals surface area contributed by atoms with Gasteiger partial charge in [-0.3, -0.25) is 0 Å². The van der Waals surface area contributed by atoms with Gasteiger partial charge in [0.1, 0.15) is 16.5 Å². The molecule has 0 spiro atoms. The fourth-order valence-corrected chi connectivity index (χ4v) is 12.5. The molecule has 0 bridgehead atoms. The summed E-state index contributed by atoms with van der Waals surface area (Å²) in [7, 11) is -2.45. The van der Waals surface area contributed by atoms with E-state index in [2.05, 4.69) is 81.3 Å². The molecular weight excluding hydrogens is 274 g/mol. The van der Waals surface area contributed by atoms with E-state index in [4.69, 9.17) is 0 Å². The van der Waals surface area contributed by atoms with Gasteiger partial charge in [0.2, 0.25) is 0 Å². The van der Waals surface area contributed by atoms with Crippen molar-refractivity contribution in [3.8, 4) is 0 Å². The van der Waals surface area contributed by atoms with E-state index in [1.807, 2.05) is 0 Å². The molecule has 0 aromatic heterocycles. The van der Waals surface area contributed by atoms with Crippen molar-refractivity contribution in [3.05, 3.63) is 42.0 Å². The van der Waals surface area contributed by atoms with Crippen molar-refractivity contribution in [1.82, 2.24) is 4.23 Å². The fraction of sp³-hybridized carbons (Fsp3) is 0.529. The van der Waals surface area contributed by atoms with Crippen LogP contribution in [-0.4, -0.2) is 27.2 Å². The van der Waals surface area contributed by atoms with Crippen molar-refractivity contribution < 1.29 is 0 Å². The summed E-state index contributed by atoms with van der Waals surface area (Å²) in [5.41, 5.74) is 3.83. The summed E-state index contributed by atoms with van der Waals surface area (Å²) >= 11 is 0. The molecule has 1 rings (SSSR count). The van der Waals surface area contributed by atoms with Crippen molar-refractivity contribution in [2.24, 2.45) is 0 Å². The first kappa shape index (κ1) is 17.4. The number of hydrogen-bond acceptors (Lipinski definition) is 1. The molecule has 0 aliphatic heterocycles. The van der Waals surface area contributed by atoms with Crippen LogP contribution in [0.25, 0.3) is 5.57 Å². The molecule has 0 saturated carbocycles. The summed E-state index contributed by atoms with van der Waals surface area (Å²) in [6, 6.07) is 8.92. The second-order valence-electron chi connectivity index (χ2n) is 7.72. The maximum Gasteiger partial charge on any atom is 0.112 e. The van der Waals surface area contributed by atoms with Gasteiger partial charge in [-0.1, -0.05) is 75.7 Å². The van der Waals surface area contributed by atoms with E-state index < -0.39 is 16.5 Å². The zero-order valence-electron chi connectivity index (χ0n) is 14.4. The second kappa shape index (κ2) is 6.41. The SMILES string of the molecule is C=C(C)c1ccc(CCN([Si](C)(C)C)[Si](C)(C)C)cc1. The lowest BCUT2D eigenvalue weighted by Gasteiger charge is -2.43. The minimum atomic E-state index is -1.22. The van der Waals surface area contributed by atoms with Crippen LogP contribution in [0.3, 0.4) is 0 Å². The monoisotopic (exact) mass is 305 g/mol. The first-order valence-corrected chi connectivity index (χ1v) is 14.4. The molecule has 0 N–H and O–H groups in total. The van der Waals surface area contributed by atoms with Crippen LogP contribution in [0.2, 0.25) is 39.3 Å². The van der Waals surface area contributed by atoms with Gasteiger partial charge in [-0.25, -0.2) is 0 Å². The normalized spacial score (nSPS) is 12.8. The van der Waals surface area contributed by atoms with Crippen LogP contribution in [0, 0.1) is 0 Å². The Morgan fingerprint density at radius 2 is 1.40 bits per heavy atom. The molecule has 1 aromatic carbocycles. The summed E-state index contributed by atoms with van der Waals surface area (Å²) < 4.78 is 2.85. The Labute approximate surface area is 127 Å². The van der Waals surface area contributed by atoms with Crippen LogP contribution in [0.1, 0.15) is 18.1 Å². The quantitative estimate of drug-likeness (QED) is 0.650. The highest BCUT2D eigenvalue weighted by molar-refractivity contribution is 6.89. The average molecular weight is 306 g/mol. The van der Waals surface area contributed by atoms with E-state index in [-0.39, 0.29) is 0 Å². The maximum absolute atomic E-state index is 4.00. The lowest BCUT2D eigenvalue weighted by atomic mass is 10.1. The molecule has 0 aliphatic carbocycles. The highest BCUT2D eigenvalue weighted by Gasteiger charge is 2.33. The summed E-state index contributed by atoms with van der Waals surface area (Å²) in [6.07, 6.45) is 1.16. The lowest BCUT2D eigenvalue weighted by molar-refractivity contribution is 0.612. The highest BCUT2D eigenvalue weighted by atomic mass is 28.4. The van der Waals surface area contributed by atoms with Gasteiger partial charge in [0, 0.05) is 0 Å². The molecule has 112 valence electrons. The van der Waals surface area contributed by atoms with Crippen LogP contribution in [0.5, 0.6) is 0 Å². The van der Waals surface area contributed by atoms with Crippen molar-refractivity contribution >= 4 is 22.0 Å². The van der Waals surface area contributed by atoms with Crippen molar-refractivity contribution in [2.45, 2.75) is 52.6 Å². The summed E-state index contributed by atoms with van der Waals surface area (Å²) in [5, 5.41) is 0. The summed E-state index contributed by atoms with van der Waals surface area (Å²) in [5.74, 6) is 0. The molecule has 0 unspecified atom stereocenters. The molecule has 0 radical (unpaired) electrons. The first-order valence-electron chi connectivity index (χ1n) is 7.54. The smallest absolute Gasteiger partial charge is 0.112 e. The third-order valence-corrected chi connectivity index (χ3v) is 11.4. The zero-order chi connectivity index (χ0) is 15.6. The van der Waals surface area contributed by atoms with Crippen LogP contribution in [0.4, 0.5) is 0 Å². The predicted molar refractivity (Wildman–Crippen MR) is 98.3 cm³/mol. The Morgan fingerprint density at radius 1 is 0.950 bits per heavy atom. The standard InChI is InChI=1S/C17H31NSi2/c1-15(2)17-11-9-16(10-12-17)13-14-18(19(3,4)5)20(6,7)8/h9-12H,1,13-14H2,2-8H3. The van der Waals surface area contributed by atoms with E-state index in [0.717, 1.165) is 12.0 Å². The van der Waals surface area contributed by atoms with E-state index in [0.29, 0.717) is 0 Å². The molecule has 1 aromatic rings. The van der Waals surface area contributed by atoms with Gasteiger partial charge in [-0.15, -0.1) is 0 Å². The molecule has 0 atom stereocenters. The number of benzene rings is 1. The molecule has 20 heavy (non-hydrogen) atoms. The highest BCUT2D eigenvalue weighted by Crippen LogP contribution is 2.20. The molecule has 0 fully saturated rings. The minimum absolute atomic E-state index is 1.14. The van der Waals surface area contributed by atoms with Crippen molar-refractivity contribution in [2.75, 3.05) is 6.54 Å². The Morgan fingerprint density at radius 3 is 1.75 bits per heavy atom. The fourth-order valence-electron chi connectivity index (χ4n) is 2.87. The lowest BCUT2D eigenvalue weighted by Crippen LogP contribution is -2.59. The third kappa shape index (κ3) is 5.04. The van der Waals surface area contributed by atoms with Crippen LogP contribution in [0.15, 0.2) is 30.8 Å². The Kier molecular flexibility index (Phi) is 5.58. The number of allylic oxidation sites excluding steroid dienone is 1. The van der Waals surface area contributed by atoms with Gasteiger partial charge in [-0.2, -0.15) is 0 Å². The van der Waals surface area contributed by atoms with Crippen LogP contribution < -0.4 is 0 Å². The maximum atomic E-state index is 4.00. The average Bonchev–Trinajstić information content (AvgIpc) is 2.26. The third-order valence-electron chi connectivity index (χ3n) is 3.69. The van der Waals surface area contributed by atoms with E-state index in [1.165, 1.54) is 17.7 Å². The van der Waals surface area contributed by atoms with Gasteiger partial charge >= 0.3 is 0 Å². The van der Waals surface area contributed by atoms with Crippen molar-refractivity contribution in [3.63, 3.8) is 0 Å². The molecule has 0 amide bonds. The number of nitrogens with zero attached hydrogens (tertiary/aromatic N) is 1. The summed E-state index contributed by atoms with van der Waals surface area (Å²) in [6.45, 7) is 22.1. The van der Waals surface area contributed by atoms with Crippen molar-refractivity contribution in [1.29, 1.82) is 0 Å². The largest absolute Gasteiger partial charge is 0.345 e. The minimum Gasteiger partial charge on any atom is -0.345 e. The molecule has 0 heterocycles. The first-order chi connectivity index (χ1) is 9.01. The van der Waals surface area contributed by atoms with Gasteiger partial charge < -0.3 is 4.23 Å². The number of hydrogen-bond donors (Lipinski definition) is 0. The predicted octanol–water partition coefficient (Wildman–Crippen LogP) is 5.23. The van der Waals surface area contributed by atoms with E-state index in [9.17, 15) is 0 Å². The molecule has 3 heteroatoms. The molecular formula is C17H31NSi2. The van der Waals surface area contributed by atoms with Crippen LogP contribution >= 0.6 is 0 Å². The van der Waals surface area contributed by atoms with Gasteiger partial charge in [0.05, 0.1) is 0 Å². The Balaban J connectivity index is 2.76. The Hall–Kier alpha value is -0.646. The van der Waals surface area contributed by atoms with Gasteiger partial charge in [0.15, 0.2) is 0 Å². The van der Waals surface area contributed by atoms with E-state index in [1.54, 1.807) is 0 Å². The summed E-state index contributed by atoms with van der Waals surface area (Å²) in [4.78, 5) is 0. The second-order valence-corrected chi connectivity index (χ2v) is 17.9. The van der Waals surface area contributed by atoms with E-state index >= 15 is 0 Å². The molecule has 1 nitrogen and oxygen atoms in total. The van der Waals surface area contributed by atoms with Gasteiger partial charge in [0.25, 0.3) is 0 Å². The topological polar surface area (TPSA) is 3.24 Å². The molecule has 0 saturated heterocycles. The number of rotatable bonds is 6. The van der Waals surface area contributed by atoms with Gasteiger partial charge in [-0.05, 0) is 31.0 Å². The molecule has 0 aliphatic rings. The zero-order valence-corrected chi connectivity index (χ0v) is 16.4.